The first-order chi connectivity index (χ1) is 42.4. The lowest BCUT2D eigenvalue weighted by Crippen LogP contribution is -2.01. The Morgan fingerprint density at radius 2 is 0.233 bits per heavy atom. The van der Waals surface area contributed by atoms with Crippen LogP contribution in [0.5, 0.6) is 23.0 Å². The van der Waals surface area contributed by atoms with Gasteiger partial charge in [-0.1, -0.05) is 243 Å². The Morgan fingerprint density at radius 3 is 0.337 bits per heavy atom. The molecule has 0 aliphatic rings. The van der Waals surface area contributed by atoms with E-state index < -0.39 is 0 Å². The van der Waals surface area contributed by atoms with E-state index in [-0.39, 0.29) is 0 Å². The molecule has 0 amide bonds. The van der Waals surface area contributed by atoms with Crippen molar-refractivity contribution >= 4 is 0 Å². The Labute approximate surface area is 502 Å². The molecule has 86 heavy (non-hydrogen) atoms. The van der Waals surface area contributed by atoms with Gasteiger partial charge in [-0.2, -0.15) is 0 Å². The molecule has 0 saturated heterocycles. The van der Waals surface area contributed by atoms with Crippen LogP contribution in [-0.4, -0.2) is 38.4 Å². The average molecular weight is 1110 g/mol. The molecule has 13 rings (SSSR count). The summed E-state index contributed by atoms with van der Waals surface area (Å²) in [5.74, 6) is 3.35. The van der Waals surface area contributed by atoms with E-state index in [0.717, 1.165) is 157 Å². The summed E-state index contributed by atoms with van der Waals surface area (Å²) < 4.78 is 21.6. The molecule has 6 heteroatoms. The van der Waals surface area contributed by atoms with Gasteiger partial charge in [-0.05, 0) is 138 Å². The summed E-state index contributed by atoms with van der Waals surface area (Å²) >= 11 is 0. The van der Waals surface area contributed by atoms with E-state index in [4.69, 9.17) is 28.9 Å². The van der Waals surface area contributed by atoms with Crippen molar-refractivity contribution in [2.75, 3.05) is 28.4 Å². The largest absolute Gasteiger partial charge is 0.497 e. The third-order valence-electron chi connectivity index (χ3n) is 16.1. The lowest BCUT2D eigenvalue weighted by Gasteiger charge is -2.17. The van der Waals surface area contributed by atoms with Crippen molar-refractivity contribution in [1.29, 1.82) is 0 Å². The summed E-state index contributed by atoms with van der Waals surface area (Å²) in [7, 11) is 6.76. The van der Waals surface area contributed by atoms with Crippen LogP contribution < -0.4 is 18.9 Å². The second-order valence-electron chi connectivity index (χ2n) is 21.2. The molecule has 0 saturated carbocycles. The first kappa shape index (κ1) is 54.2. The Hall–Kier alpha value is -11.1. The topological polar surface area (TPSA) is 62.7 Å². The van der Waals surface area contributed by atoms with Gasteiger partial charge in [0.1, 0.15) is 23.0 Å². The Kier molecular flexibility index (Phi) is 15.4. The average Bonchev–Trinajstić information content (AvgIpc) is 1.84. The minimum absolute atomic E-state index is 0.786. The molecule has 0 N–H and O–H groups in total. The van der Waals surface area contributed by atoms with Crippen molar-refractivity contribution in [3.05, 3.63) is 291 Å². The molecule has 0 unspecified atom stereocenters. The fourth-order valence-corrected chi connectivity index (χ4v) is 11.1. The van der Waals surface area contributed by atoms with E-state index in [9.17, 15) is 0 Å². The molecule has 0 aliphatic heterocycles. The van der Waals surface area contributed by atoms with Gasteiger partial charge in [0, 0.05) is 22.3 Å². The SMILES string of the molecule is COc1ccc(-c2ccc(-c3ccc(-c4nc(-c5ccc(-c6ccc(-c7ccc(OC)cc7)cc6)cc5)c(-c5ccc(-c6ccc(-c7ccc(OC)cc7)cc6)cc5)nc4-c4ccc(-c5ccc(-c6ccc(OC)cc6)cc5)cc4)cc3)cc2)cc1. The summed E-state index contributed by atoms with van der Waals surface area (Å²) in [6.45, 7) is 0. The monoisotopic (exact) mass is 1110 g/mol. The molecule has 0 fully saturated rings. The number of hydrogen-bond donors (Lipinski definition) is 0. The van der Waals surface area contributed by atoms with Crippen LogP contribution in [0.15, 0.2) is 291 Å². The second-order valence-corrected chi connectivity index (χ2v) is 21.2. The van der Waals surface area contributed by atoms with Gasteiger partial charge in [0.15, 0.2) is 0 Å². The number of hydrogen-bond acceptors (Lipinski definition) is 6. The maximum Gasteiger partial charge on any atom is 0.118 e. The van der Waals surface area contributed by atoms with Crippen LogP contribution in [0, 0.1) is 0 Å². The molecule has 414 valence electrons. The summed E-state index contributed by atoms with van der Waals surface area (Å²) in [6, 6.07) is 102. The normalized spacial score (nSPS) is 11.0. The molecular formula is C80H60N2O4. The molecule has 0 bridgehead atoms. The Balaban J connectivity index is 0.893. The Bertz CT molecular complexity index is 3830. The zero-order chi connectivity index (χ0) is 58.3. The molecule has 1 heterocycles. The number of nitrogens with zero attached hydrogens (tertiary/aromatic N) is 2. The smallest absolute Gasteiger partial charge is 0.118 e. The molecule has 0 aliphatic carbocycles. The van der Waals surface area contributed by atoms with Crippen molar-refractivity contribution in [2.24, 2.45) is 0 Å². The maximum absolute atomic E-state index is 5.75. The van der Waals surface area contributed by atoms with Crippen LogP contribution in [-0.2, 0) is 0 Å². The summed E-state index contributed by atoms with van der Waals surface area (Å²) in [5, 5.41) is 0. The predicted octanol–water partition coefficient (Wildman–Crippen LogP) is 20.5. The number of benzene rings is 12. The molecule has 13 aromatic rings. The van der Waals surface area contributed by atoms with Gasteiger partial charge in [-0.25, -0.2) is 9.97 Å². The highest BCUT2D eigenvalue weighted by Gasteiger charge is 2.21. The summed E-state index contributed by atoms with van der Waals surface area (Å²) in [5.41, 5.74) is 25.0. The first-order valence-electron chi connectivity index (χ1n) is 28.7. The van der Waals surface area contributed by atoms with E-state index >= 15 is 0 Å². The molecular weight excluding hydrogens is 1050 g/mol. The number of ether oxygens (including phenoxy) is 4. The molecule has 0 atom stereocenters. The highest BCUT2D eigenvalue weighted by atomic mass is 16.5. The highest BCUT2D eigenvalue weighted by molar-refractivity contribution is 5.89. The number of rotatable bonds is 16. The van der Waals surface area contributed by atoms with E-state index in [1.165, 1.54) is 0 Å². The van der Waals surface area contributed by atoms with Crippen LogP contribution in [0.1, 0.15) is 0 Å². The Morgan fingerprint density at radius 1 is 0.140 bits per heavy atom. The molecule has 12 aromatic carbocycles. The zero-order valence-electron chi connectivity index (χ0n) is 48.2. The highest BCUT2D eigenvalue weighted by Crippen LogP contribution is 2.41. The predicted molar refractivity (Wildman–Crippen MR) is 353 cm³/mol. The van der Waals surface area contributed by atoms with Gasteiger partial charge in [0.25, 0.3) is 0 Å². The molecule has 0 radical (unpaired) electrons. The number of aromatic nitrogens is 2. The standard InChI is InChI=1S/C80H60N2O4/c1-83-73-45-37-65(38-46-73)57-13-5-53(6-14-57)61-21-29-69(30-22-61)77-78(70-31-23-62(24-32-70)54-7-15-58(16-8-54)66-39-47-74(84-2)48-40-66)82-80(72-35-27-64(28-36-72)56-11-19-60(20-12-56)68-43-51-76(86-4)52-44-68)79(81-77)71-33-25-63(26-34-71)55-9-17-59(18-10-55)67-41-49-75(85-3)50-42-67/h5-52H,1-4H3. The summed E-state index contributed by atoms with van der Waals surface area (Å²) in [6.07, 6.45) is 0. The lowest BCUT2D eigenvalue weighted by atomic mass is 9.94. The minimum Gasteiger partial charge on any atom is -0.497 e. The van der Waals surface area contributed by atoms with Crippen LogP contribution >= 0.6 is 0 Å². The van der Waals surface area contributed by atoms with Crippen LogP contribution in [0.2, 0.25) is 0 Å². The van der Waals surface area contributed by atoms with Gasteiger partial charge in [-0.3, -0.25) is 0 Å². The first-order valence-corrected chi connectivity index (χ1v) is 28.7. The van der Waals surface area contributed by atoms with Gasteiger partial charge in [-0.15, -0.1) is 0 Å². The number of methoxy groups -OCH3 is 4. The van der Waals surface area contributed by atoms with E-state index in [2.05, 4.69) is 243 Å². The summed E-state index contributed by atoms with van der Waals surface area (Å²) in [4.78, 5) is 11.5. The maximum atomic E-state index is 5.75. The van der Waals surface area contributed by atoms with Gasteiger partial charge >= 0.3 is 0 Å². The second kappa shape index (κ2) is 24.4. The zero-order valence-corrected chi connectivity index (χ0v) is 48.2. The lowest BCUT2D eigenvalue weighted by molar-refractivity contribution is 0.415. The fourth-order valence-electron chi connectivity index (χ4n) is 11.1. The third-order valence-corrected chi connectivity index (χ3v) is 16.1. The van der Waals surface area contributed by atoms with Crippen molar-refractivity contribution in [3.8, 4) is 157 Å². The molecule has 0 spiro atoms. The van der Waals surface area contributed by atoms with E-state index in [1.54, 1.807) is 28.4 Å². The van der Waals surface area contributed by atoms with Crippen LogP contribution in [0.3, 0.4) is 0 Å². The van der Waals surface area contributed by atoms with Crippen molar-refractivity contribution in [1.82, 2.24) is 9.97 Å². The third kappa shape index (κ3) is 11.5. The van der Waals surface area contributed by atoms with E-state index in [1.807, 2.05) is 48.5 Å². The van der Waals surface area contributed by atoms with Crippen molar-refractivity contribution in [2.45, 2.75) is 0 Å². The molecule has 1 aromatic heterocycles. The van der Waals surface area contributed by atoms with Gasteiger partial charge in [0.2, 0.25) is 0 Å². The van der Waals surface area contributed by atoms with Crippen molar-refractivity contribution in [3.63, 3.8) is 0 Å². The van der Waals surface area contributed by atoms with Gasteiger partial charge < -0.3 is 18.9 Å². The molecule has 6 nitrogen and oxygen atoms in total. The van der Waals surface area contributed by atoms with E-state index in [0.29, 0.717) is 0 Å². The van der Waals surface area contributed by atoms with Gasteiger partial charge in [0.05, 0.1) is 51.2 Å². The van der Waals surface area contributed by atoms with Crippen LogP contribution in [0.4, 0.5) is 0 Å². The minimum atomic E-state index is 0.786. The quantitative estimate of drug-likeness (QED) is 0.0961. The van der Waals surface area contributed by atoms with Crippen LogP contribution in [0.25, 0.3) is 134 Å². The van der Waals surface area contributed by atoms with Crippen molar-refractivity contribution < 1.29 is 18.9 Å². The fraction of sp³-hybridized carbons (Fsp3) is 0.0500.